The van der Waals surface area contributed by atoms with Gasteiger partial charge in [0.05, 0.1) is 17.2 Å². The van der Waals surface area contributed by atoms with Crippen molar-refractivity contribution in [3.63, 3.8) is 0 Å². The summed E-state index contributed by atoms with van der Waals surface area (Å²) < 4.78 is 0. The minimum absolute atomic E-state index is 0.0976. The van der Waals surface area contributed by atoms with Gasteiger partial charge in [-0.15, -0.1) is 0 Å². The van der Waals surface area contributed by atoms with Crippen LogP contribution in [0.15, 0.2) is 48.5 Å². The lowest BCUT2D eigenvalue weighted by atomic mass is 10.1. The van der Waals surface area contributed by atoms with Crippen LogP contribution in [0.3, 0.4) is 0 Å². The van der Waals surface area contributed by atoms with Gasteiger partial charge in [0.1, 0.15) is 5.56 Å². The van der Waals surface area contributed by atoms with Crippen LogP contribution in [0.5, 0.6) is 0 Å². The molecular formula is C19H19N3O4. The van der Waals surface area contributed by atoms with E-state index in [1.807, 2.05) is 42.2 Å². The van der Waals surface area contributed by atoms with Crippen LogP contribution in [-0.4, -0.2) is 39.8 Å². The summed E-state index contributed by atoms with van der Waals surface area (Å²) in [5.74, 6) is -1.09. The average molecular weight is 353 g/mol. The molecule has 0 fully saturated rings. The molecule has 0 aliphatic carbocycles. The predicted octanol–water partition coefficient (Wildman–Crippen LogP) is 3.06. The summed E-state index contributed by atoms with van der Waals surface area (Å²) in [6.07, 6.45) is 0.857. The van der Waals surface area contributed by atoms with Crippen LogP contribution in [0.25, 0.3) is 0 Å². The molecule has 134 valence electrons. The standard InChI is InChI=1S/C19H19N3O4/c1-2-11-20(12-14-7-4-3-5-8-14)13-21-18(23)15-9-6-10-16(22(25)26)17(15)19(21)24/h3-10H,2,11-13H2,1H3. The Morgan fingerprint density at radius 1 is 1.04 bits per heavy atom. The molecule has 1 aliphatic rings. The summed E-state index contributed by atoms with van der Waals surface area (Å²) in [6, 6.07) is 13.9. The van der Waals surface area contributed by atoms with E-state index in [4.69, 9.17) is 0 Å². The maximum atomic E-state index is 12.7. The number of amides is 2. The molecule has 0 unspecified atom stereocenters. The molecule has 1 heterocycles. The number of nitro benzene ring substituents is 1. The molecule has 1 aliphatic heterocycles. The van der Waals surface area contributed by atoms with Gasteiger partial charge in [0, 0.05) is 12.6 Å². The first-order valence-electron chi connectivity index (χ1n) is 8.42. The van der Waals surface area contributed by atoms with Gasteiger partial charge in [0.2, 0.25) is 0 Å². The smallest absolute Gasteiger partial charge is 0.281 e. The number of benzene rings is 2. The number of fused-ring (bicyclic) bond motifs is 1. The van der Waals surface area contributed by atoms with Crippen LogP contribution < -0.4 is 0 Å². The van der Waals surface area contributed by atoms with Crippen molar-refractivity contribution >= 4 is 17.5 Å². The second-order valence-corrected chi connectivity index (χ2v) is 6.17. The van der Waals surface area contributed by atoms with Gasteiger partial charge in [0.15, 0.2) is 0 Å². The lowest BCUT2D eigenvalue weighted by Crippen LogP contribution is -2.41. The Balaban J connectivity index is 1.84. The molecule has 2 aromatic rings. The fourth-order valence-corrected chi connectivity index (χ4v) is 3.15. The molecule has 0 aromatic heterocycles. The Hall–Kier alpha value is -3.06. The summed E-state index contributed by atoms with van der Waals surface area (Å²) in [6.45, 7) is 3.41. The number of carbonyl (C=O) groups excluding carboxylic acids is 2. The Morgan fingerprint density at radius 3 is 2.42 bits per heavy atom. The van der Waals surface area contributed by atoms with Crippen LogP contribution in [0.4, 0.5) is 5.69 Å². The van der Waals surface area contributed by atoms with Gasteiger partial charge in [-0.1, -0.05) is 43.3 Å². The third-order valence-electron chi connectivity index (χ3n) is 4.30. The second-order valence-electron chi connectivity index (χ2n) is 6.17. The van der Waals surface area contributed by atoms with Gasteiger partial charge < -0.3 is 0 Å². The van der Waals surface area contributed by atoms with Crippen LogP contribution in [0, 0.1) is 10.1 Å². The number of imide groups is 1. The maximum absolute atomic E-state index is 12.7. The summed E-state index contributed by atoms with van der Waals surface area (Å²) >= 11 is 0. The third-order valence-corrected chi connectivity index (χ3v) is 4.30. The number of rotatable bonds is 7. The highest BCUT2D eigenvalue weighted by molar-refractivity contribution is 6.23. The van der Waals surface area contributed by atoms with Crippen LogP contribution in [0.2, 0.25) is 0 Å². The van der Waals surface area contributed by atoms with E-state index in [0.29, 0.717) is 13.1 Å². The number of hydrogen-bond acceptors (Lipinski definition) is 5. The van der Waals surface area contributed by atoms with E-state index < -0.39 is 16.7 Å². The molecule has 2 aromatic carbocycles. The summed E-state index contributed by atoms with van der Waals surface area (Å²) in [5, 5.41) is 11.2. The van der Waals surface area contributed by atoms with Gasteiger partial charge >= 0.3 is 0 Å². The van der Waals surface area contributed by atoms with Crippen LogP contribution in [0.1, 0.15) is 39.6 Å². The van der Waals surface area contributed by atoms with Crippen molar-refractivity contribution in [2.45, 2.75) is 19.9 Å². The molecular weight excluding hydrogens is 334 g/mol. The van der Waals surface area contributed by atoms with E-state index in [9.17, 15) is 19.7 Å². The first kappa shape index (κ1) is 17.8. The predicted molar refractivity (Wildman–Crippen MR) is 95.6 cm³/mol. The van der Waals surface area contributed by atoms with Crippen LogP contribution >= 0.6 is 0 Å². The minimum atomic E-state index is -0.624. The van der Waals surface area contributed by atoms with E-state index in [-0.39, 0.29) is 23.5 Å². The normalized spacial score (nSPS) is 13.4. The van der Waals surface area contributed by atoms with Gasteiger partial charge in [-0.05, 0) is 24.6 Å². The molecule has 0 radical (unpaired) electrons. The van der Waals surface area contributed by atoms with Crippen molar-refractivity contribution in [3.05, 3.63) is 75.3 Å². The van der Waals surface area contributed by atoms with E-state index in [1.54, 1.807) is 0 Å². The van der Waals surface area contributed by atoms with Crippen molar-refractivity contribution in [2.24, 2.45) is 0 Å². The first-order valence-corrected chi connectivity index (χ1v) is 8.42. The van der Waals surface area contributed by atoms with E-state index >= 15 is 0 Å². The number of carbonyl (C=O) groups is 2. The molecule has 0 saturated heterocycles. The monoisotopic (exact) mass is 353 g/mol. The average Bonchev–Trinajstić information content (AvgIpc) is 2.88. The Labute approximate surface area is 151 Å². The van der Waals surface area contributed by atoms with E-state index in [2.05, 4.69) is 0 Å². The van der Waals surface area contributed by atoms with Crippen molar-refractivity contribution in [3.8, 4) is 0 Å². The van der Waals surface area contributed by atoms with Gasteiger partial charge in [-0.2, -0.15) is 0 Å². The van der Waals surface area contributed by atoms with Gasteiger partial charge in [-0.3, -0.25) is 29.5 Å². The molecule has 3 rings (SSSR count). The largest absolute Gasteiger partial charge is 0.282 e. The SMILES string of the molecule is CCCN(Cc1ccccc1)CN1C(=O)c2cccc([N+](=O)[O-])c2C1=O. The zero-order valence-corrected chi connectivity index (χ0v) is 14.4. The first-order chi connectivity index (χ1) is 12.5. The third kappa shape index (κ3) is 3.34. The number of nitrogens with zero attached hydrogens (tertiary/aromatic N) is 3. The highest BCUT2D eigenvalue weighted by atomic mass is 16.6. The topological polar surface area (TPSA) is 83.8 Å². The van der Waals surface area contributed by atoms with Crippen molar-refractivity contribution in [1.29, 1.82) is 0 Å². The maximum Gasteiger partial charge on any atom is 0.282 e. The van der Waals surface area contributed by atoms with Crippen molar-refractivity contribution < 1.29 is 14.5 Å². The summed E-state index contributed by atoms with van der Waals surface area (Å²) in [4.78, 5) is 39.0. The fourth-order valence-electron chi connectivity index (χ4n) is 3.15. The fraction of sp³-hybridized carbons (Fsp3) is 0.263. The number of nitro groups is 1. The lowest BCUT2D eigenvalue weighted by molar-refractivity contribution is -0.385. The molecule has 0 bridgehead atoms. The quantitative estimate of drug-likeness (QED) is 0.434. The van der Waals surface area contributed by atoms with Crippen molar-refractivity contribution in [1.82, 2.24) is 9.80 Å². The Kier molecular flexibility index (Phi) is 5.09. The highest BCUT2D eigenvalue weighted by Crippen LogP contribution is 2.30. The molecule has 0 saturated carbocycles. The zero-order valence-electron chi connectivity index (χ0n) is 14.4. The van der Waals surface area contributed by atoms with Crippen molar-refractivity contribution in [2.75, 3.05) is 13.2 Å². The molecule has 7 nitrogen and oxygen atoms in total. The minimum Gasteiger partial charge on any atom is -0.281 e. The highest BCUT2D eigenvalue weighted by Gasteiger charge is 2.41. The summed E-state index contributed by atoms with van der Waals surface area (Å²) in [5.41, 5.74) is 0.732. The lowest BCUT2D eigenvalue weighted by Gasteiger charge is -2.26. The zero-order chi connectivity index (χ0) is 18.7. The van der Waals surface area contributed by atoms with Gasteiger partial charge in [0.25, 0.3) is 17.5 Å². The van der Waals surface area contributed by atoms with Gasteiger partial charge in [-0.25, -0.2) is 0 Å². The van der Waals surface area contributed by atoms with E-state index in [0.717, 1.165) is 16.9 Å². The Bertz CT molecular complexity index is 851. The van der Waals surface area contributed by atoms with Crippen LogP contribution in [-0.2, 0) is 6.54 Å². The second kappa shape index (κ2) is 7.45. The molecule has 0 spiro atoms. The summed E-state index contributed by atoms with van der Waals surface area (Å²) in [7, 11) is 0. The number of hydrogen-bond donors (Lipinski definition) is 0. The molecule has 0 N–H and O–H groups in total. The molecule has 2 amide bonds. The molecule has 0 atom stereocenters. The molecule has 26 heavy (non-hydrogen) atoms. The molecule has 7 heteroatoms. The van der Waals surface area contributed by atoms with E-state index in [1.165, 1.54) is 18.2 Å². The Morgan fingerprint density at radius 2 is 1.77 bits per heavy atom.